The molecule has 0 bridgehead atoms. The third kappa shape index (κ3) is 2.00. The second kappa shape index (κ2) is 4.37. The van der Waals surface area contributed by atoms with E-state index in [0.29, 0.717) is 0 Å². The number of para-hydroxylation sites is 1. The molecule has 2 N–H and O–H groups in total. The van der Waals surface area contributed by atoms with Crippen LogP contribution in [0.1, 0.15) is 18.4 Å². The van der Waals surface area contributed by atoms with Gasteiger partial charge in [0, 0.05) is 6.54 Å². The Morgan fingerprint density at radius 2 is 2.35 bits per heavy atom. The van der Waals surface area contributed by atoms with Crippen LogP contribution in [0, 0.1) is 6.92 Å². The van der Waals surface area contributed by atoms with Crippen molar-refractivity contribution >= 4 is 10.9 Å². The number of nitrogens with one attached hydrogen (secondary N) is 2. The zero-order valence-electron chi connectivity index (χ0n) is 9.99. The van der Waals surface area contributed by atoms with Crippen molar-refractivity contribution in [3.8, 4) is 5.88 Å². The van der Waals surface area contributed by atoms with Crippen molar-refractivity contribution in [1.29, 1.82) is 0 Å². The molecule has 1 saturated heterocycles. The van der Waals surface area contributed by atoms with E-state index in [1.165, 1.54) is 12.0 Å². The molecule has 3 rings (SSSR count). The van der Waals surface area contributed by atoms with Crippen LogP contribution in [0.3, 0.4) is 0 Å². The fourth-order valence-corrected chi connectivity index (χ4v) is 2.33. The Morgan fingerprint density at radius 1 is 1.41 bits per heavy atom. The molecular weight excluding hydrogens is 214 g/mol. The van der Waals surface area contributed by atoms with Gasteiger partial charge in [-0.25, -0.2) is 0 Å². The molecular formula is C13H17N3O. The third-order valence-electron chi connectivity index (χ3n) is 3.30. The summed E-state index contributed by atoms with van der Waals surface area (Å²) in [5, 5.41) is 11.7. The molecule has 1 atom stereocenters. The van der Waals surface area contributed by atoms with Gasteiger partial charge in [-0.3, -0.25) is 5.10 Å². The van der Waals surface area contributed by atoms with Crippen LogP contribution >= 0.6 is 0 Å². The van der Waals surface area contributed by atoms with Gasteiger partial charge in [0.05, 0.1) is 10.9 Å². The van der Waals surface area contributed by atoms with E-state index in [1.54, 1.807) is 0 Å². The predicted octanol–water partition coefficient (Wildman–Crippen LogP) is 2.00. The fraction of sp³-hybridized carbons (Fsp3) is 0.462. The summed E-state index contributed by atoms with van der Waals surface area (Å²) in [5.74, 6) is 0.734. The van der Waals surface area contributed by atoms with Crippen molar-refractivity contribution in [2.75, 3.05) is 13.1 Å². The molecule has 2 aromatic rings. The van der Waals surface area contributed by atoms with E-state index >= 15 is 0 Å². The number of piperidine rings is 1. The molecule has 1 aromatic carbocycles. The molecule has 0 amide bonds. The number of aryl methyl sites for hydroxylation is 1. The van der Waals surface area contributed by atoms with Gasteiger partial charge in [-0.05, 0) is 37.9 Å². The van der Waals surface area contributed by atoms with Gasteiger partial charge in [-0.15, -0.1) is 5.10 Å². The van der Waals surface area contributed by atoms with Crippen LogP contribution in [0.15, 0.2) is 18.2 Å². The first kappa shape index (κ1) is 10.6. The summed E-state index contributed by atoms with van der Waals surface area (Å²) in [7, 11) is 0. The molecule has 0 spiro atoms. The Morgan fingerprint density at radius 3 is 3.18 bits per heavy atom. The largest absolute Gasteiger partial charge is 0.472 e. The van der Waals surface area contributed by atoms with Crippen LogP contribution in [0.5, 0.6) is 5.88 Å². The molecule has 17 heavy (non-hydrogen) atoms. The zero-order valence-corrected chi connectivity index (χ0v) is 9.99. The van der Waals surface area contributed by atoms with Gasteiger partial charge in [0.25, 0.3) is 0 Å². The first-order valence-electron chi connectivity index (χ1n) is 6.15. The van der Waals surface area contributed by atoms with Gasteiger partial charge in [0.1, 0.15) is 6.10 Å². The highest BCUT2D eigenvalue weighted by Crippen LogP contribution is 2.26. The number of rotatable bonds is 2. The minimum absolute atomic E-state index is 0.246. The van der Waals surface area contributed by atoms with E-state index in [9.17, 15) is 0 Å². The van der Waals surface area contributed by atoms with E-state index in [4.69, 9.17) is 4.74 Å². The number of hydrogen-bond donors (Lipinski definition) is 2. The van der Waals surface area contributed by atoms with Crippen LogP contribution in [-0.2, 0) is 0 Å². The Hall–Kier alpha value is -1.55. The third-order valence-corrected chi connectivity index (χ3v) is 3.30. The van der Waals surface area contributed by atoms with Gasteiger partial charge < -0.3 is 10.1 Å². The van der Waals surface area contributed by atoms with Gasteiger partial charge >= 0.3 is 0 Å². The summed E-state index contributed by atoms with van der Waals surface area (Å²) in [6.07, 6.45) is 2.52. The average Bonchev–Trinajstić information content (AvgIpc) is 2.76. The highest BCUT2D eigenvalue weighted by Gasteiger charge is 2.17. The molecule has 1 aliphatic heterocycles. The highest BCUT2D eigenvalue weighted by molar-refractivity contribution is 5.86. The Balaban J connectivity index is 1.87. The van der Waals surface area contributed by atoms with E-state index in [-0.39, 0.29) is 6.10 Å². The van der Waals surface area contributed by atoms with Crippen LogP contribution in [-0.4, -0.2) is 29.4 Å². The lowest BCUT2D eigenvalue weighted by atomic mass is 10.1. The van der Waals surface area contributed by atoms with E-state index in [1.807, 2.05) is 6.07 Å². The minimum atomic E-state index is 0.246. The summed E-state index contributed by atoms with van der Waals surface area (Å²) in [6.45, 7) is 4.09. The average molecular weight is 231 g/mol. The van der Waals surface area contributed by atoms with Crippen LogP contribution in [0.25, 0.3) is 10.9 Å². The number of aromatic nitrogens is 2. The summed E-state index contributed by atoms with van der Waals surface area (Å²) < 4.78 is 5.96. The van der Waals surface area contributed by atoms with Crippen molar-refractivity contribution in [3.05, 3.63) is 23.8 Å². The van der Waals surface area contributed by atoms with Crippen molar-refractivity contribution in [2.24, 2.45) is 0 Å². The molecule has 4 nitrogen and oxygen atoms in total. The number of H-pyrrole nitrogens is 1. The first-order chi connectivity index (χ1) is 8.34. The van der Waals surface area contributed by atoms with E-state index in [2.05, 4.69) is 34.6 Å². The number of aromatic amines is 1. The zero-order chi connectivity index (χ0) is 11.7. The molecule has 4 heteroatoms. The lowest BCUT2D eigenvalue weighted by molar-refractivity contribution is 0.162. The molecule has 0 aliphatic carbocycles. The van der Waals surface area contributed by atoms with Crippen molar-refractivity contribution in [2.45, 2.75) is 25.9 Å². The maximum atomic E-state index is 5.96. The quantitative estimate of drug-likeness (QED) is 0.831. The summed E-state index contributed by atoms with van der Waals surface area (Å²) in [5.41, 5.74) is 2.28. The van der Waals surface area contributed by atoms with Gasteiger partial charge in [-0.1, -0.05) is 12.1 Å². The normalized spacial score (nSPS) is 20.6. The number of fused-ring (bicyclic) bond motifs is 1. The standard InChI is InChI=1S/C13H17N3O/c1-9-4-2-6-11-12(9)15-16-13(11)17-10-5-3-7-14-8-10/h2,4,6,10,14H,3,5,7-8H2,1H3,(H,15,16). The Bertz CT molecular complexity index is 514. The van der Waals surface area contributed by atoms with Crippen molar-refractivity contribution in [1.82, 2.24) is 15.5 Å². The molecule has 0 saturated carbocycles. The number of hydrogen-bond acceptors (Lipinski definition) is 3. The molecule has 0 radical (unpaired) electrons. The maximum Gasteiger partial charge on any atom is 0.240 e. The van der Waals surface area contributed by atoms with Crippen LogP contribution in [0.4, 0.5) is 0 Å². The second-order valence-corrected chi connectivity index (χ2v) is 4.61. The summed E-state index contributed by atoms with van der Waals surface area (Å²) >= 11 is 0. The number of nitrogens with zero attached hydrogens (tertiary/aromatic N) is 1. The van der Waals surface area contributed by atoms with Gasteiger partial charge in [0.15, 0.2) is 0 Å². The summed E-state index contributed by atoms with van der Waals surface area (Å²) in [6, 6.07) is 6.17. The Kier molecular flexibility index (Phi) is 2.73. The fourth-order valence-electron chi connectivity index (χ4n) is 2.33. The smallest absolute Gasteiger partial charge is 0.240 e. The first-order valence-corrected chi connectivity index (χ1v) is 6.15. The van der Waals surface area contributed by atoms with Crippen LogP contribution < -0.4 is 10.1 Å². The molecule has 1 fully saturated rings. The van der Waals surface area contributed by atoms with Gasteiger partial charge in [-0.2, -0.15) is 0 Å². The molecule has 1 unspecified atom stereocenters. The second-order valence-electron chi connectivity index (χ2n) is 4.61. The predicted molar refractivity (Wildman–Crippen MR) is 67.4 cm³/mol. The maximum absolute atomic E-state index is 5.96. The highest BCUT2D eigenvalue weighted by atomic mass is 16.5. The van der Waals surface area contributed by atoms with Crippen molar-refractivity contribution < 1.29 is 4.74 Å². The molecule has 1 aliphatic rings. The minimum Gasteiger partial charge on any atom is -0.472 e. The SMILES string of the molecule is Cc1cccc2c(OC3CCCNC3)n[nH]c12. The lowest BCUT2D eigenvalue weighted by Crippen LogP contribution is -2.37. The topological polar surface area (TPSA) is 49.9 Å². The van der Waals surface area contributed by atoms with Gasteiger partial charge in [0.2, 0.25) is 5.88 Å². The summed E-state index contributed by atoms with van der Waals surface area (Å²) in [4.78, 5) is 0. The molecule has 1 aromatic heterocycles. The number of ether oxygens (including phenoxy) is 1. The van der Waals surface area contributed by atoms with E-state index < -0.39 is 0 Å². The molecule has 2 heterocycles. The lowest BCUT2D eigenvalue weighted by Gasteiger charge is -2.22. The van der Waals surface area contributed by atoms with Crippen LogP contribution in [0.2, 0.25) is 0 Å². The molecule has 90 valence electrons. The van der Waals surface area contributed by atoms with E-state index in [0.717, 1.165) is 36.3 Å². The Labute approximate surface area is 100 Å². The number of benzene rings is 1. The van der Waals surface area contributed by atoms with Crippen molar-refractivity contribution in [3.63, 3.8) is 0 Å². The monoisotopic (exact) mass is 231 g/mol.